The number of amides is 1. The second-order valence-electron chi connectivity index (χ2n) is 11.2. The number of nitrogens with one attached hydrogen (secondary N) is 1. The maximum absolute atomic E-state index is 12.2. The van der Waals surface area contributed by atoms with Crippen molar-refractivity contribution in [3.63, 3.8) is 0 Å². The molecule has 0 aromatic heterocycles. The Balaban J connectivity index is 1.03. The molecule has 2 aromatic carbocycles. The van der Waals surface area contributed by atoms with Crippen LogP contribution in [0.3, 0.4) is 0 Å². The molecule has 11 heteroatoms. The molecule has 0 fully saturated rings. The molecule has 0 radical (unpaired) electrons. The van der Waals surface area contributed by atoms with Gasteiger partial charge in [-0.05, 0) is 48.3 Å². The Morgan fingerprint density at radius 1 is 0.614 bits per heavy atom. The van der Waals surface area contributed by atoms with Gasteiger partial charge in [-0.15, -0.1) is 0 Å². The van der Waals surface area contributed by atoms with Crippen LogP contribution in [-0.4, -0.2) is 113 Å². The maximum atomic E-state index is 12.2. The van der Waals surface area contributed by atoms with E-state index in [1.54, 1.807) is 0 Å². The Bertz CT molecular complexity index is 1020. The number of carbonyl (C=O) groups excluding carboxylic acids is 1. The molecule has 3 rings (SSSR count). The van der Waals surface area contributed by atoms with Gasteiger partial charge in [0.2, 0.25) is 0 Å². The largest absolute Gasteiger partial charge is 0.449 e. The molecule has 1 N–H and O–H groups in total. The molecule has 246 valence electrons. The van der Waals surface area contributed by atoms with E-state index in [1.807, 2.05) is 24.3 Å². The van der Waals surface area contributed by atoms with Gasteiger partial charge in [0.05, 0.1) is 79.3 Å². The molecule has 0 unspecified atom stereocenters. The van der Waals surface area contributed by atoms with Crippen LogP contribution in [-0.2, 0) is 37.6 Å². The third kappa shape index (κ3) is 14.6. The van der Waals surface area contributed by atoms with E-state index in [9.17, 15) is 4.79 Å². The predicted molar refractivity (Wildman–Crippen MR) is 172 cm³/mol. The Morgan fingerprint density at radius 3 is 1.48 bits per heavy atom. The Labute approximate surface area is 263 Å². The molecule has 0 saturated carbocycles. The molecule has 0 spiro atoms. The van der Waals surface area contributed by atoms with Crippen molar-refractivity contribution in [2.24, 2.45) is 0 Å². The smallest absolute Gasteiger partial charge is 0.407 e. The van der Waals surface area contributed by atoms with Gasteiger partial charge in [-0.1, -0.05) is 48.5 Å². The monoisotopic (exact) mass is 633 g/mol. The molecular formula is C33H51NO9Si. The molecule has 1 aliphatic carbocycles. The van der Waals surface area contributed by atoms with E-state index >= 15 is 0 Å². The molecule has 0 atom stereocenters. The number of ether oxygens (including phenoxy) is 7. The standard InChI is InChI=1S/C33H51NO9Si/c1-44(2,3)43-26-25-41-24-23-40-22-21-39-20-19-38-18-17-37-16-15-36-14-8-13-34-33(35)42-27-32-30-11-6-4-9-28(30)29-10-5-7-12-31(29)32/h4-7,9-12,32H,8,13-27H2,1-3H3,(H,34,35). The fourth-order valence-corrected chi connectivity index (χ4v) is 5.32. The maximum Gasteiger partial charge on any atom is 0.407 e. The van der Waals surface area contributed by atoms with Gasteiger partial charge in [0, 0.05) is 19.1 Å². The average molecular weight is 634 g/mol. The van der Waals surface area contributed by atoms with E-state index in [1.165, 1.54) is 22.3 Å². The fourth-order valence-electron chi connectivity index (χ4n) is 4.62. The summed E-state index contributed by atoms with van der Waals surface area (Å²) in [4.78, 5) is 12.2. The summed E-state index contributed by atoms with van der Waals surface area (Å²) in [6, 6.07) is 16.6. The van der Waals surface area contributed by atoms with Crippen molar-refractivity contribution >= 4 is 14.4 Å². The van der Waals surface area contributed by atoms with Crippen molar-refractivity contribution in [3.8, 4) is 11.1 Å². The minimum Gasteiger partial charge on any atom is -0.449 e. The topological polar surface area (TPSA) is 103 Å². The summed E-state index contributed by atoms with van der Waals surface area (Å²) in [5.41, 5.74) is 4.83. The zero-order valence-corrected chi connectivity index (χ0v) is 27.7. The number of benzene rings is 2. The van der Waals surface area contributed by atoms with Crippen molar-refractivity contribution in [1.29, 1.82) is 0 Å². The second kappa shape index (κ2) is 21.4. The van der Waals surface area contributed by atoms with Crippen LogP contribution in [0.15, 0.2) is 48.5 Å². The van der Waals surface area contributed by atoms with Crippen LogP contribution in [0.4, 0.5) is 4.79 Å². The van der Waals surface area contributed by atoms with E-state index in [-0.39, 0.29) is 5.92 Å². The lowest BCUT2D eigenvalue weighted by atomic mass is 9.98. The zero-order chi connectivity index (χ0) is 31.3. The van der Waals surface area contributed by atoms with Crippen LogP contribution in [0.25, 0.3) is 11.1 Å². The van der Waals surface area contributed by atoms with Gasteiger partial charge in [-0.3, -0.25) is 0 Å². The molecule has 0 heterocycles. The first-order valence-corrected chi connectivity index (χ1v) is 19.1. The van der Waals surface area contributed by atoms with Crippen LogP contribution in [0.1, 0.15) is 23.5 Å². The highest BCUT2D eigenvalue weighted by atomic mass is 28.4. The second-order valence-corrected chi connectivity index (χ2v) is 15.8. The van der Waals surface area contributed by atoms with Crippen molar-refractivity contribution in [2.45, 2.75) is 32.0 Å². The van der Waals surface area contributed by atoms with Crippen LogP contribution in [0, 0.1) is 0 Å². The Hall–Kier alpha value is -2.35. The first kappa shape index (κ1) is 36.1. The molecule has 0 aliphatic heterocycles. The highest BCUT2D eigenvalue weighted by Gasteiger charge is 2.28. The Kier molecular flexibility index (Phi) is 17.6. The number of rotatable bonds is 25. The zero-order valence-electron chi connectivity index (χ0n) is 26.7. The molecule has 2 aromatic rings. The van der Waals surface area contributed by atoms with Crippen molar-refractivity contribution in [2.75, 3.05) is 99.0 Å². The molecule has 0 bridgehead atoms. The van der Waals surface area contributed by atoms with E-state index in [4.69, 9.17) is 37.6 Å². The quantitative estimate of drug-likeness (QED) is 0.121. The predicted octanol–water partition coefficient (Wildman–Crippen LogP) is 4.87. The van der Waals surface area contributed by atoms with E-state index in [2.05, 4.69) is 49.2 Å². The third-order valence-electron chi connectivity index (χ3n) is 6.70. The molecule has 10 nitrogen and oxygen atoms in total. The summed E-state index contributed by atoms with van der Waals surface area (Å²) in [5.74, 6) is 0.0578. The van der Waals surface area contributed by atoms with Gasteiger partial charge < -0.3 is 42.9 Å². The van der Waals surface area contributed by atoms with Gasteiger partial charge in [-0.2, -0.15) is 0 Å². The number of hydrogen-bond donors (Lipinski definition) is 1. The summed E-state index contributed by atoms with van der Waals surface area (Å²) in [5, 5.41) is 2.80. The first-order valence-electron chi connectivity index (χ1n) is 15.6. The number of hydrogen-bond acceptors (Lipinski definition) is 9. The lowest BCUT2D eigenvalue weighted by Crippen LogP contribution is -2.27. The summed E-state index contributed by atoms with van der Waals surface area (Å²) in [6.45, 7) is 14.2. The normalized spacial score (nSPS) is 12.7. The molecule has 1 aliphatic rings. The summed E-state index contributed by atoms with van der Waals surface area (Å²) in [6.07, 6.45) is 0.287. The van der Waals surface area contributed by atoms with Crippen molar-refractivity contribution in [1.82, 2.24) is 5.32 Å². The van der Waals surface area contributed by atoms with Gasteiger partial charge in [0.15, 0.2) is 8.32 Å². The van der Waals surface area contributed by atoms with E-state index < -0.39 is 14.4 Å². The summed E-state index contributed by atoms with van der Waals surface area (Å²) >= 11 is 0. The van der Waals surface area contributed by atoms with Gasteiger partial charge in [0.1, 0.15) is 6.61 Å². The molecule has 0 saturated heterocycles. The minimum absolute atomic E-state index is 0.0578. The average Bonchev–Trinajstić information content (AvgIpc) is 3.33. The highest BCUT2D eigenvalue weighted by Crippen LogP contribution is 2.44. The fraction of sp³-hybridized carbons (Fsp3) is 0.606. The van der Waals surface area contributed by atoms with Crippen LogP contribution in [0.5, 0.6) is 0 Å². The molecule has 44 heavy (non-hydrogen) atoms. The van der Waals surface area contributed by atoms with Gasteiger partial charge >= 0.3 is 6.09 Å². The SMILES string of the molecule is C[Si](C)(C)OCCOCCOCCOCCOCCOCCOCCCNC(=O)OCC1c2ccccc2-c2ccccc21. The lowest BCUT2D eigenvalue weighted by Gasteiger charge is -2.16. The van der Waals surface area contributed by atoms with Crippen LogP contribution >= 0.6 is 0 Å². The third-order valence-corrected chi connectivity index (χ3v) is 7.77. The van der Waals surface area contributed by atoms with Crippen LogP contribution < -0.4 is 5.32 Å². The summed E-state index contributed by atoms with van der Waals surface area (Å²) in [7, 11) is -1.46. The van der Waals surface area contributed by atoms with Crippen molar-refractivity contribution < 1.29 is 42.4 Å². The van der Waals surface area contributed by atoms with E-state index in [0.29, 0.717) is 105 Å². The molecular weight excluding hydrogens is 582 g/mol. The van der Waals surface area contributed by atoms with Crippen molar-refractivity contribution in [3.05, 3.63) is 59.7 Å². The highest BCUT2D eigenvalue weighted by molar-refractivity contribution is 6.69. The number of carbonyl (C=O) groups is 1. The van der Waals surface area contributed by atoms with Gasteiger partial charge in [0.25, 0.3) is 0 Å². The lowest BCUT2D eigenvalue weighted by molar-refractivity contribution is -0.0179. The first-order chi connectivity index (χ1) is 21.5. The molecule has 1 amide bonds. The number of fused-ring (bicyclic) bond motifs is 3. The Morgan fingerprint density at radius 2 is 1.02 bits per heavy atom. The van der Waals surface area contributed by atoms with Gasteiger partial charge in [-0.25, -0.2) is 4.79 Å². The minimum atomic E-state index is -1.46. The van der Waals surface area contributed by atoms with Crippen LogP contribution in [0.2, 0.25) is 19.6 Å². The number of alkyl carbamates (subject to hydrolysis) is 1. The van der Waals surface area contributed by atoms with E-state index in [0.717, 1.165) is 0 Å². The summed E-state index contributed by atoms with van der Waals surface area (Å²) < 4.78 is 44.3.